The molecular weight excluding hydrogens is 340 g/mol. The highest BCUT2D eigenvalue weighted by Crippen LogP contribution is 2.34. The average Bonchev–Trinajstić information content (AvgIpc) is 2.83. The molecule has 1 heterocycles. The largest absolute Gasteiger partial charge is 0.458 e. The van der Waals surface area contributed by atoms with Gasteiger partial charge >= 0.3 is 0 Å². The molecule has 2 nitrogen and oxygen atoms in total. The van der Waals surface area contributed by atoms with E-state index < -0.39 is 6.10 Å². The summed E-state index contributed by atoms with van der Waals surface area (Å²) in [5.41, 5.74) is 2.59. The maximum absolute atomic E-state index is 10.5. The zero-order valence-electron chi connectivity index (χ0n) is 10.7. The normalized spacial score (nSPS) is 12.8. The van der Waals surface area contributed by atoms with Crippen molar-refractivity contribution in [3.63, 3.8) is 0 Å². The van der Waals surface area contributed by atoms with Crippen LogP contribution in [0.25, 0.3) is 11.0 Å². The second kappa shape index (κ2) is 5.24. The first-order chi connectivity index (χ1) is 9.56. The van der Waals surface area contributed by atoms with E-state index in [0.717, 1.165) is 26.6 Å². The summed E-state index contributed by atoms with van der Waals surface area (Å²) in [6.45, 7) is 1.99. The zero-order valence-corrected chi connectivity index (χ0v) is 13.1. The van der Waals surface area contributed by atoms with Crippen molar-refractivity contribution in [2.24, 2.45) is 0 Å². The van der Waals surface area contributed by atoms with E-state index in [1.807, 2.05) is 31.2 Å². The molecule has 0 amide bonds. The van der Waals surface area contributed by atoms with Gasteiger partial charge in [-0.15, -0.1) is 0 Å². The van der Waals surface area contributed by atoms with E-state index in [1.54, 1.807) is 18.2 Å². The van der Waals surface area contributed by atoms with Gasteiger partial charge in [0.1, 0.15) is 17.4 Å². The predicted molar refractivity (Wildman–Crippen MR) is 84.2 cm³/mol. The quantitative estimate of drug-likeness (QED) is 0.685. The number of aliphatic hydroxyl groups excluding tert-OH is 1. The van der Waals surface area contributed by atoms with E-state index in [0.29, 0.717) is 10.8 Å². The van der Waals surface area contributed by atoms with Gasteiger partial charge in [-0.3, -0.25) is 0 Å². The van der Waals surface area contributed by atoms with E-state index in [2.05, 4.69) is 15.9 Å². The maximum Gasteiger partial charge on any atom is 0.138 e. The summed E-state index contributed by atoms with van der Waals surface area (Å²) in [4.78, 5) is 0. The molecular formula is C16H12BrClO2. The fourth-order valence-electron chi connectivity index (χ4n) is 2.24. The Hall–Kier alpha value is -1.29. The molecule has 0 aliphatic carbocycles. The number of para-hydroxylation sites is 1. The molecule has 0 saturated heterocycles. The van der Waals surface area contributed by atoms with E-state index in [1.165, 1.54) is 0 Å². The molecule has 0 fully saturated rings. The van der Waals surface area contributed by atoms with Gasteiger partial charge in [-0.05, 0) is 30.7 Å². The minimum atomic E-state index is -0.826. The smallest absolute Gasteiger partial charge is 0.138 e. The molecule has 20 heavy (non-hydrogen) atoms. The van der Waals surface area contributed by atoms with Crippen LogP contribution in [0.2, 0.25) is 5.02 Å². The Morgan fingerprint density at radius 1 is 1.20 bits per heavy atom. The molecule has 0 aliphatic rings. The van der Waals surface area contributed by atoms with Gasteiger partial charge < -0.3 is 9.52 Å². The molecule has 0 radical (unpaired) electrons. The lowest BCUT2D eigenvalue weighted by Gasteiger charge is -2.10. The fraction of sp³-hybridized carbons (Fsp3) is 0.125. The molecule has 3 aromatic rings. The van der Waals surface area contributed by atoms with Crippen LogP contribution >= 0.6 is 27.5 Å². The second-order valence-electron chi connectivity index (χ2n) is 4.71. The summed E-state index contributed by atoms with van der Waals surface area (Å²) < 4.78 is 6.56. The number of halogens is 2. The molecule has 0 spiro atoms. The van der Waals surface area contributed by atoms with Gasteiger partial charge in [0.05, 0.1) is 0 Å². The average molecular weight is 352 g/mol. The summed E-state index contributed by atoms with van der Waals surface area (Å²) in [6, 6.07) is 13.1. The van der Waals surface area contributed by atoms with Crippen LogP contribution in [0.15, 0.2) is 51.4 Å². The lowest BCUT2D eigenvalue weighted by Crippen LogP contribution is -1.98. The number of aliphatic hydroxyl groups is 1. The number of rotatable bonds is 2. The summed E-state index contributed by atoms with van der Waals surface area (Å²) in [6.07, 6.45) is -0.826. The van der Waals surface area contributed by atoms with Crippen molar-refractivity contribution in [3.8, 4) is 0 Å². The van der Waals surface area contributed by atoms with E-state index in [9.17, 15) is 5.11 Å². The van der Waals surface area contributed by atoms with Crippen molar-refractivity contribution in [1.82, 2.24) is 0 Å². The Kier molecular flexibility index (Phi) is 3.59. The van der Waals surface area contributed by atoms with Crippen molar-refractivity contribution < 1.29 is 9.52 Å². The Bertz CT molecular complexity index is 779. The summed E-state index contributed by atoms with van der Waals surface area (Å²) in [5.74, 6) is 0.525. The van der Waals surface area contributed by atoms with Crippen LogP contribution in [0.3, 0.4) is 0 Å². The fourth-order valence-corrected chi connectivity index (χ4v) is 3.14. The molecule has 1 atom stereocenters. The Balaban J connectivity index is 2.08. The van der Waals surface area contributed by atoms with Crippen molar-refractivity contribution in [3.05, 3.63) is 68.8 Å². The highest BCUT2D eigenvalue weighted by atomic mass is 79.9. The molecule has 0 aliphatic heterocycles. The minimum Gasteiger partial charge on any atom is -0.458 e. The standard InChI is InChI=1S/C16H12BrClO2/c1-9-3-2-4-10-7-14(20-16(9)10)15(19)12-6-5-11(18)8-13(12)17/h2-8,15,19H,1H3. The highest BCUT2D eigenvalue weighted by Gasteiger charge is 2.18. The van der Waals surface area contributed by atoms with Crippen LogP contribution in [0.1, 0.15) is 23.0 Å². The van der Waals surface area contributed by atoms with Crippen LogP contribution < -0.4 is 0 Å². The Morgan fingerprint density at radius 2 is 2.00 bits per heavy atom. The molecule has 0 saturated carbocycles. The van der Waals surface area contributed by atoms with Gasteiger partial charge in [0.25, 0.3) is 0 Å². The molecule has 1 unspecified atom stereocenters. The summed E-state index contributed by atoms with van der Waals surface area (Å²) in [7, 11) is 0. The zero-order chi connectivity index (χ0) is 14.3. The van der Waals surface area contributed by atoms with Crippen molar-refractivity contribution in [2.45, 2.75) is 13.0 Å². The van der Waals surface area contributed by atoms with Crippen LogP contribution in [0, 0.1) is 6.92 Å². The minimum absolute atomic E-state index is 0.525. The van der Waals surface area contributed by atoms with E-state index in [-0.39, 0.29) is 0 Å². The monoisotopic (exact) mass is 350 g/mol. The third kappa shape index (κ3) is 2.37. The summed E-state index contributed by atoms with van der Waals surface area (Å²) >= 11 is 9.33. The molecule has 1 aromatic heterocycles. The molecule has 102 valence electrons. The maximum atomic E-state index is 10.5. The second-order valence-corrected chi connectivity index (χ2v) is 6.00. The van der Waals surface area contributed by atoms with Crippen molar-refractivity contribution >= 4 is 38.5 Å². The number of fused-ring (bicyclic) bond motifs is 1. The Labute approximate surface area is 130 Å². The number of furan rings is 1. The number of hydrogen-bond acceptors (Lipinski definition) is 2. The van der Waals surface area contributed by atoms with Crippen LogP contribution in [0.4, 0.5) is 0 Å². The molecule has 0 bridgehead atoms. The molecule has 3 rings (SSSR count). The van der Waals surface area contributed by atoms with E-state index >= 15 is 0 Å². The van der Waals surface area contributed by atoms with E-state index in [4.69, 9.17) is 16.0 Å². The molecule has 2 aromatic carbocycles. The third-order valence-electron chi connectivity index (χ3n) is 3.29. The summed E-state index contributed by atoms with van der Waals surface area (Å²) in [5, 5.41) is 12.1. The topological polar surface area (TPSA) is 33.4 Å². The van der Waals surface area contributed by atoms with Gasteiger partial charge in [-0.25, -0.2) is 0 Å². The van der Waals surface area contributed by atoms with Gasteiger partial charge in [-0.1, -0.05) is 51.8 Å². The van der Waals surface area contributed by atoms with Crippen LogP contribution in [0.5, 0.6) is 0 Å². The number of aryl methyl sites for hydroxylation is 1. The van der Waals surface area contributed by atoms with Gasteiger partial charge in [-0.2, -0.15) is 0 Å². The van der Waals surface area contributed by atoms with Crippen molar-refractivity contribution in [2.75, 3.05) is 0 Å². The lowest BCUT2D eigenvalue weighted by molar-refractivity contribution is 0.191. The predicted octanol–water partition coefficient (Wildman–Crippen LogP) is 5.24. The number of hydrogen-bond donors (Lipinski definition) is 1. The van der Waals surface area contributed by atoms with Crippen molar-refractivity contribution in [1.29, 1.82) is 0 Å². The van der Waals surface area contributed by atoms with Gasteiger partial charge in [0.2, 0.25) is 0 Å². The third-order valence-corrected chi connectivity index (χ3v) is 4.21. The first-order valence-electron chi connectivity index (χ1n) is 6.18. The van der Waals surface area contributed by atoms with Crippen LogP contribution in [-0.2, 0) is 0 Å². The SMILES string of the molecule is Cc1cccc2cc(C(O)c3ccc(Cl)cc3Br)oc12. The highest BCUT2D eigenvalue weighted by molar-refractivity contribution is 9.10. The Morgan fingerprint density at radius 3 is 2.70 bits per heavy atom. The number of benzene rings is 2. The van der Waals surface area contributed by atoms with Gasteiger partial charge in [0, 0.05) is 20.4 Å². The lowest BCUT2D eigenvalue weighted by atomic mass is 10.1. The molecule has 4 heteroatoms. The van der Waals surface area contributed by atoms with Gasteiger partial charge in [0.15, 0.2) is 0 Å². The first kappa shape index (κ1) is 13.7. The first-order valence-corrected chi connectivity index (χ1v) is 7.35. The molecule has 1 N–H and O–H groups in total. The van der Waals surface area contributed by atoms with Crippen LogP contribution in [-0.4, -0.2) is 5.11 Å².